The Morgan fingerprint density at radius 1 is 1.24 bits per heavy atom. The Morgan fingerprint density at radius 3 is 2.57 bits per heavy atom. The summed E-state index contributed by atoms with van der Waals surface area (Å²) in [6, 6.07) is 5.30. The molecule has 2 rings (SSSR count). The molecule has 0 radical (unpaired) electrons. The highest BCUT2D eigenvalue weighted by Gasteiger charge is 2.11. The van der Waals surface area contributed by atoms with Gasteiger partial charge < -0.3 is 4.74 Å². The van der Waals surface area contributed by atoms with Gasteiger partial charge in [0, 0.05) is 11.3 Å². The van der Waals surface area contributed by atoms with Crippen LogP contribution in [0.4, 0.5) is 5.69 Å². The van der Waals surface area contributed by atoms with E-state index in [2.05, 4.69) is 10.8 Å². The summed E-state index contributed by atoms with van der Waals surface area (Å²) in [5, 5.41) is 0. The third kappa shape index (κ3) is 5.08. The van der Waals surface area contributed by atoms with Crippen LogP contribution in [0.3, 0.4) is 0 Å². The second kappa shape index (κ2) is 6.98. The number of sulfonamides is 1. The highest BCUT2D eigenvalue weighted by Crippen LogP contribution is 2.28. The standard InChI is InChI=1S/C16H23NO3S/c1-20-16-11-10-15(17-21(2,18)19)12-14(16)9-8-13-6-4-3-5-7-13/h8-13,17H,3-7H2,1-2H3/b9-8+. The smallest absolute Gasteiger partial charge is 0.229 e. The van der Waals surface area contributed by atoms with Crippen LogP contribution in [0.1, 0.15) is 37.7 Å². The van der Waals surface area contributed by atoms with Crippen LogP contribution in [-0.2, 0) is 10.0 Å². The Bertz CT molecular complexity index is 602. The molecule has 0 amide bonds. The summed E-state index contributed by atoms with van der Waals surface area (Å²) in [7, 11) is -1.64. The van der Waals surface area contributed by atoms with Gasteiger partial charge in [0.2, 0.25) is 10.0 Å². The second-order valence-electron chi connectivity index (χ2n) is 5.59. The Hall–Kier alpha value is -1.49. The van der Waals surface area contributed by atoms with Crippen molar-refractivity contribution in [1.82, 2.24) is 0 Å². The summed E-state index contributed by atoms with van der Waals surface area (Å²) < 4.78 is 30.5. The van der Waals surface area contributed by atoms with Gasteiger partial charge in [-0.15, -0.1) is 0 Å². The Kier molecular flexibility index (Phi) is 5.28. The summed E-state index contributed by atoms with van der Waals surface area (Å²) in [4.78, 5) is 0. The van der Waals surface area contributed by atoms with Gasteiger partial charge in [-0.2, -0.15) is 0 Å². The van der Waals surface area contributed by atoms with Crippen molar-refractivity contribution in [3.8, 4) is 5.75 Å². The molecular weight excluding hydrogens is 286 g/mol. The van der Waals surface area contributed by atoms with Gasteiger partial charge in [0.15, 0.2) is 0 Å². The lowest BCUT2D eigenvalue weighted by atomic mass is 9.89. The van der Waals surface area contributed by atoms with E-state index < -0.39 is 10.0 Å². The van der Waals surface area contributed by atoms with Gasteiger partial charge in [-0.1, -0.05) is 31.4 Å². The van der Waals surface area contributed by atoms with Gasteiger partial charge in [-0.3, -0.25) is 4.72 Å². The zero-order chi connectivity index (χ0) is 15.3. The van der Waals surface area contributed by atoms with Gasteiger partial charge in [0.05, 0.1) is 13.4 Å². The number of methoxy groups -OCH3 is 1. The van der Waals surface area contributed by atoms with Gasteiger partial charge in [-0.05, 0) is 37.0 Å². The average Bonchev–Trinajstić information content (AvgIpc) is 2.45. The van der Waals surface area contributed by atoms with Crippen LogP contribution >= 0.6 is 0 Å². The van der Waals surface area contributed by atoms with Crippen molar-refractivity contribution in [1.29, 1.82) is 0 Å². The summed E-state index contributed by atoms with van der Waals surface area (Å²) in [5.41, 5.74) is 1.46. The molecule has 0 heterocycles. The fourth-order valence-electron chi connectivity index (χ4n) is 2.71. The quantitative estimate of drug-likeness (QED) is 0.903. The minimum Gasteiger partial charge on any atom is -0.496 e. The predicted molar refractivity (Wildman–Crippen MR) is 87.1 cm³/mol. The number of anilines is 1. The van der Waals surface area contributed by atoms with E-state index in [1.54, 1.807) is 25.3 Å². The van der Waals surface area contributed by atoms with Crippen LogP contribution in [0.2, 0.25) is 0 Å². The van der Waals surface area contributed by atoms with Crippen molar-refractivity contribution in [2.24, 2.45) is 5.92 Å². The fraction of sp³-hybridized carbons (Fsp3) is 0.500. The minimum absolute atomic E-state index is 0.557. The molecule has 1 N–H and O–H groups in total. The number of benzene rings is 1. The van der Waals surface area contributed by atoms with Gasteiger partial charge in [0.25, 0.3) is 0 Å². The molecule has 1 fully saturated rings. The Labute approximate surface area is 127 Å². The molecule has 0 atom stereocenters. The van der Waals surface area contributed by atoms with E-state index in [1.165, 1.54) is 32.1 Å². The maximum atomic E-state index is 11.3. The van der Waals surface area contributed by atoms with Crippen LogP contribution < -0.4 is 9.46 Å². The first kappa shape index (κ1) is 15.9. The van der Waals surface area contributed by atoms with E-state index in [-0.39, 0.29) is 0 Å². The van der Waals surface area contributed by atoms with Crippen molar-refractivity contribution >= 4 is 21.8 Å². The number of ether oxygens (including phenoxy) is 1. The Morgan fingerprint density at radius 2 is 1.95 bits per heavy atom. The first-order valence-electron chi connectivity index (χ1n) is 7.32. The number of nitrogens with one attached hydrogen (secondary N) is 1. The number of allylic oxidation sites excluding steroid dienone is 1. The van der Waals surface area contributed by atoms with Crippen LogP contribution in [0.15, 0.2) is 24.3 Å². The van der Waals surface area contributed by atoms with E-state index >= 15 is 0 Å². The highest BCUT2D eigenvalue weighted by atomic mass is 32.2. The number of hydrogen-bond donors (Lipinski definition) is 1. The lowest BCUT2D eigenvalue weighted by Crippen LogP contribution is -2.09. The van der Waals surface area contributed by atoms with E-state index in [1.807, 2.05) is 6.08 Å². The summed E-state index contributed by atoms with van der Waals surface area (Å²) in [6.07, 6.45) is 11.8. The minimum atomic E-state index is -3.26. The van der Waals surface area contributed by atoms with Crippen LogP contribution in [0.25, 0.3) is 6.08 Å². The van der Waals surface area contributed by atoms with Gasteiger partial charge in [-0.25, -0.2) is 8.42 Å². The number of rotatable bonds is 5. The molecule has 116 valence electrons. The lowest BCUT2D eigenvalue weighted by Gasteiger charge is -2.18. The fourth-order valence-corrected chi connectivity index (χ4v) is 3.26. The second-order valence-corrected chi connectivity index (χ2v) is 7.34. The van der Waals surface area contributed by atoms with Crippen molar-refractivity contribution in [2.45, 2.75) is 32.1 Å². The van der Waals surface area contributed by atoms with Crippen LogP contribution in [0, 0.1) is 5.92 Å². The zero-order valence-corrected chi connectivity index (χ0v) is 13.4. The van der Waals surface area contributed by atoms with E-state index in [4.69, 9.17) is 4.74 Å². The third-order valence-electron chi connectivity index (χ3n) is 3.73. The molecule has 0 bridgehead atoms. The van der Waals surface area contributed by atoms with Crippen LogP contribution in [-0.4, -0.2) is 21.8 Å². The third-order valence-corrected chi connectivity index (χ3v) is 4.34. The molecule has 0 spiro atoms. The average molecular weight is 309 g/mol. The first-order chi connectivity index (χ1) is 9.98. The zero-order valence-electron chi connectivity index (χ0n) is 12.6. The van der Waals surface area contributed by atoms with Crippen LogP contribution in [0.5, 0.6) is 5.75 Å². The monoisotopic (exact) mass is 309 g/mol. The molecule has 1 saturated carbocycles. The molecule has 0 unspecified atom stereocenters. The van der Waals surface area contributed by atoms with Gasteiger partial charge >= 0.3 is 0 Å². The van der Waals surface area contributed by atoms with Crippen molar-refractivity contribution < 1.29 is 13.2 Å². The molecule has 0 aromatic heterocycles. The predicted octanol–water partition coefficient (Wildman–Crippen LogP) is 3.66. The Balaban J connectivity index is 2.19. The van der Waals surface area contributed by atoms with E-state index in [9.17, 15) is 8.42 Å². The molecule has 1 aliphatic rings. The molecular formula is C16H23NO3S. The largest absolute Gasteiger partial charge is 0.496 e. The summed E-state index contributed by atoms with van der Waals surface area (Å²) in [6.45, 7) is 0. The van der Waals surface area contributed by atoms with Crippen molar-refractivity contribution in [3.05, 3.63) is 29.8 Å². The summed E-state index contributed by atoms with van der Waals surface area (Å²) in [5.74, 6) is 1.37. The molecule has 21 heavy (non-hydrogen) atoms. The maximum Gasteiger partial charge on any atom is 0.229 e. The highest BCUT2D eigenvalue weighted by molar-refractivity contribution is 7.92. The molecule has 1 aliphatic carbocycles. The molecule has 4 nitrogen and oxygen atoms in total. The number of hydrogen-bond acceptors (Lipinski definition) is 3. The molecule has 1 aromatic carbocycles. The van der Waals surface area contributed by atoms with Gasteiger partial charge in [0.1, 0.15) is 5.75 Å². The molecule has 0 aliphatic heterocycles. The first-order valence-corrected chi connectivity index (χ1v) is 9.21. The van der Waals surface area contributed by atoms with E-state index in [0.717, 1.165) is 17.6 Å². The van der Waals surface area contributed by atoms with E-state index in [0.29, 0.717) is 11.6 Å². The lowest BCUT2D eigenvalue weighted by molar-refractivity contribution is 0.413. The summed E-state index contributed by atoms with van der Waals surface area (Å²) >= 11 is 0. The maximum absolute atomic E-state index is 11.3. The normalized spacial score (nSPS) is 17.0. The van der Waals surface area contributed by atoms with Crippen molar-refractivity contribution in [3.63, 3.8) is 0 Å². The topological polar surface area (TPSA) is 55.4 Å². The SMILES string of the molecule is COc1ccc(NS(C)(=O)=O)cc1/C=C/C1CCCCC1. The molecule has 0 saturated heterocycles. The van der Waals surface area contributed by atoms with Crippen molar-refractivity contribution in [2.75, 3.05) is 18.1 Å². The molecule has 5 heteroatoms. The molecule has 1 aromatic rings.